The van der Waals surface area contributed by atoms with E-state index in [1.54, 1.807) is 25.2 Å². The zero-order valence-electron chi connectivity index (χ0n) is 10.6. The molecule has 0 unspecified atom stereocenters. The van der Waals surface area contributed by atoms with Gasteiger partial charge in [-0.1, -0.05) is 23.4 Å². The number of hydrogen-bond acceptors (Lipinski definition) is 3. The van der Waals surface area contributed by atoms with Crippen LogP contribution in [0.4, 0.5) is 4.39 Å². The highest BCUT2D eigenvalue weighted by atomic mass is 19.1. The molecule has 1 aliphatic rings. The van der Waals surface area contributed by atoms with Crippen LogP contribution in [0.3, 0.4) is 0 Å². The number of oxime groups is 1. The summed E-state index contributed by atoms with van der Waals surface area (Å²) in [4.78, 5) is 13.7. The van der Waals surface area contributed by atoms with Crippen molar-refractivity contribution in [1.29, 1.82) is 0 Å². The summed E-state index contributed by atoms with van der Waals surface area (Å²) in [5, 5.41) is 11.6. The first-order valence-electron chi connectivity index (χ1n) is 5.98. The molecule has 1 fully saturated rings. The van der Waals surface area contributed by atoms with Crippen LogP contribution < -0.4 is 5.73 Å². The Labute approximate surface area is 110 Å². The minimum atomic E-state index is -0.894. The molecule has 1 aromatic carbocycles. The average molecular weight is 265 g/mol. The highest BCUT2D eigenvalue weighted by Gasteiger charge is 2.55. The van der Waals surface area contributed by atoms with Gasteiger partial charge in [0, 0.05) is 19.2 Å². The zero-order chi connectivity index (χ0) is 14.0. The second-order valence-corrected chi connectivity index (χ2v) is 4.82. The Kier molecular flexibility index (Phi) is 3.42. The van der Waals surface area contributed by atoms with Gasteiger partial charge in [-0.25, -0.2) is 4.39 Å². The van der Waals surface area contributed by atoms with Gasteiger partial charge in [-0.05, 0) is 18.9 Å². The number of amidine groups is 1. The SMILES string of the molecule is CN(Cc1ccccc1F)C(=O)C1(/C(N)=N/O)CC1. The van der Waals surface area contributed by atoms with Crippen LogP contribution in [0.25, 0.3) is 0 Å². The maximum atomic E-state index is 13.5. The molecule has 0 aliphatic heterocycles. The summed E-state index contributed by atoms with van der Waals surface area (Å²) < 4.78 is 13.5. The maximum Gasteiger partial charge on any atom is 0.236 e. The summed E-state index contributed by atoms with van der Waals surface area (Å²) in [5.74, 6) is -0.667. The van der Waals surface area contributed by atoms with E-state index < -0.39 is 5.41 Å². The second-order valence-electron chi connectivity index (χ2n) is 4.82. The van der Waals surface area contributed by atoms with E-state index >= 15 is 0 Å². The monoisotopic (exact) mass is 265 g/mol. The molecule has 0 bridgehead atoms. The van der Waals surface area contributed by atoms with Crippen LogP contribution in [0.1, 0.15) is 18.4 Å². The maximum absolute atomic E-state index is 13.5. The molecule has 0 heterocycles. The highest BCUT2D eigenvalue weighted by molar-refractivity contribution is 6.09. The number of amides is 1. The molecule has 6 heteroatoms. The van der Waals surface area contributed by atoms with Crippen molar-refractivity contribution in [2.75, 3.05) is 7.05 Å². The lowest BCUT2D eigenvalue weighted by atomic mass is 10.0. The fourth-order valence-corrected chi connectivity index (χ4v) is 2.12. The van der Waals surface area contributed by atoms with Crippen LogP contribution in [0, 0.1) is 11.2 Å². The number of halogens is 1. The van der Waals surface area contributed by atoms with Gasteiger partial charge in [-0.2, -0.15) is 0 Å². The lowest BCUT2D eigenvalue weighted by molar-refractivity contribution is -0.133. The van der Waals surface area contributed by atoms with E-state index in [-0.39, 0.29) is 24.1 Å². The Balaban J connectivity index is 2.11. The van der Waals surface area contributed by atoms with E-state index in [1.807, 2.05) is 0 Å². The Hall–Kier alpha value is -2.11. The number of benzene rings is 1. The first-order chi connectivity index (χ1) is 9.01. The molecule has 1 saturated carbocycles. The van der Waals surface area contributed by atoms with Gasteiger partial charge in [0.2, 0.25) is 5.91 Å². The first kappa shape index (κ1) is 13.3. The largest absolute Gasteiger partial charge is 0.409 e. The molecule has 19 heavy (non-hydrogen) atoms. The van der Waals surface area contributed by atoms with Gasteiger partial charge >= 0.3 is 0 Å². The molecule has 0 saturated heterocycles. The lowest BCUT2D eigenvalue weighted by Crippen LogP contribution is -2.41. The molecule has 102 valence electrons. The number of rotatable bonds is 4. The predicted molar refractivity (Wildman–Crippen MR) is 67.9 cm³/mol. The van der Waals surface area contributed by atoms with Gasteiger partial charge in [0.25, 0.3) is 0 Å². The van der Waals surface area contributed by atoms with E-state index in [0.717, 1.165) is 0 Å². The van der Waals surface area contributed by atoms with E-state index in [2.05, 4.69) is 5.16 Å². The van der Waals surface area contributed by atoms with Crippen LogP contribution in [0.2, 0.25) is 0 Å². The number of hydrogen-bond donors (Lipinski definition) is 2. The van der Waals surface area contributed by atoms with Crippen molar-refractivity contribution in [3.63, 3.8) is 0 Å². The van der Waals surface area contributed by atoms with Gasteiger partial charge in [-0.3, -0.25) is 4.79 Å². The first-order valence-corrected chi connectivity index (χ1v) is 5.98. The fraction of sp³-hybridized carbons (Fsp3) is 0.385. The summed E-state index contributed by atoms with van der Waals surface area (Å²) in [6, 6.07) is 6.29. The molecule has 0 atom stereocenters. The minimum absolute atomic E-state index is 0.0714. The Morgan fingerprint density at radius 2 is 2.16 bits per heavy atom. The van der Waals surface area contributed by atoms with Crippen LogP contribution in [0.15, 0.2) is 29.4 Å². The predicted octanol–water partition coefficient (Wildman–Crippen LogP) is 1.31. The van der Waals surface area contributed by atoms with Crippen molar-refractivity contribution in [3.05, 3.63) is 35.6 Å². The second kappa shape index (κ2) is 4.87. The summed E-state index contributed by atoms with van der Waals surface area (Å²) in [7, 11) is 1.58. The molecule has 2 rings (SSSR count). The number of carbonyl (C=O) groups excluding carboxylic acids is 1. The van der Waals surface area contributed by atoms with Crippen molar-refractivity contribution >= 4 is 11.7 Å². The van der Waals surface area contributed by atoms with Crippen LogP contribution in [0.5, 0.6) is 0 Å². The molecule has 3 N–H and O–H groups in total. The van der Waals surface area contributed by atoms with E-state index in [1.165, 1.54) is 11.0 Å². The summed E-state index contributed by atoms with van der Waals surface area (Å²) in [6.45, 7) is 0.159. The van der Waals surface area contributed by atoms with E-state index in [4.69, 9.17) is 10.9 Å². The quantitative estimate of drug-likeness (QED) is 0.373. The van der Waals surface area contributed by atoms with Gasteiger partial charge in [0.15, 0.2) is 5.84 Å². The van der Waals surface area contributed by atoms with E-state index in [9.17, 15) is 9.18 Å². The van der Waals surface area contributed by atoms with Gasteiger partial charge in [0.1, 0.15) is 11.2 Å². The van der Waals surface area contributed by atoms with Crippen molar-refractivity contribution in [2.45, 2.75) is 19.4 Å². The van der Waals surface area contributed by atoms with Crippen LogP contribution in [-0.2, 0) is 11.3 Å². The van der Waals surface area contributed by atoms with Gasteiger partial charge < -0.3 is 15.8 Å². The molecule has 1 aliphatic carbocycles. The van der Waals surface area contributed by atoms with Crippen molar-refractivity contribution < 1.29 is 14.4 Å². The molecule has 0 radical (unpaired) electrons. The standard InChI is InChI=1S/C13H16FN3O2/c1-17(8-9-4-2-3-5-10(9)14)12(18)13(6-7-13)11(15)16-19/h2-5,19H,6-8H2,1H3,(H2,15,16). The molecule has 1 amide bonds. The third-order valence-electron chi connectivity index (χ3n) is 3.47. The Morgan fingerprint density at radius 1 is 1.53 bits per heavy atom. The molecule has 1 aromatic rings. The van der Waals surface area contributed by atoms with Crippen molar-refractivity contribution in [3.8, 4) is 0 Å². The number of nitrogens with zero attached hydrogens (tertiary/aromatic N) is 2. The van der Waals surface area contributed by atoms with Crippen LogP contribution >= 0.6 is 0 Å². The Bertz CT molecular complexity index is 526. The fourth-order valence-electron chi connectivity index (χ4n) is 2.12. The molecule has 5 nitrogen and oxygen atoms in total. The zero-order valence-corrected chi connectivity index (χ0v) is 10.6. The smallest absolute Gasteiger partial charge is 0.236 e. The summed E-state index contributed by atoms with van der Waals surface area (Å²) in [6.07, 6.45) is 1.12. The normalized spacial score (nSPS) is 17.1. The number of nitrogens with two attached hydrogens (primary N) is 1. The minimum Gasteiger partial charge on any atom is -0.409 e. The highest BCUT2D eigenvalue weighted by Crippen LogP contribution is 2.47. The lowest BCUT2D eigenvalue weighted by Gasteiger charge is -2.22. The van der Waals surface area contributed by atoms with Crippen molar-refractivity contribution in [2.24, 2.45) is 16.3 Å². The Morgan fingerprint density at radius 3 is 2.68 bits per heavy atom. The number of carbonyl (C=O) groups is 1. The van der Waals surface area contributed by atoms with Crippen molar-refractivity contribution in [1.82, 2.24) is 4.90 Å². The molecular formula is C13H16FN3O2. The topological polar surface area (TPSA) is 78.9 Å². The summed E-state index contributed by atoms with van der Waals surface area (Å²) >= 11 is 0. The van der Waals surface area contributed by atoms with Gasteiger partial charge in [-0.15, -0.1) is 0 Å². The third kappa shape index (κ3) is 2.38. The third-order valence-corrected chi connectivity index (χ3v) is 3.47. The molecular weight excluding hydrogens is 249 g/mol. The average Bonchev–Trinajstić information content (AvgIpc) is 3.21. The molecule has 0 aromatic heterocycles. The van der Waals surface area contributed by atoms with Gasteiger partial charge in [0.05, 0.1) is 0 Å². The van der Waals surface area contributed by atoms with E-state index in [0.29, 0.717) is 18.4 Å². The van der Waals surface area contributed by atoms with Crippen LogP contribution in [-0.4, -0.2) is 28.9 Å². The summed E-state index contributed by atoms with van der Waals surface area (Å²) in [5.41, 5.74) is 5.10. The molecule has 0 spiro atoms.